The van der Waals surface area contributed by atoms with E-state index in [9.17, 15) is 0 Å². The van der Waals surface area contributed by atoms with Crippen LogP contribution in [0, 0.1) is 0 Å². The van der Waals surface area contributed by atoms with Crippen molar-refractivity contribution in [2.75, 3.05) is 18.9 Å². The number of nitrogens with zero attached hydrogens (tertiary/aromatic N) is 1. The zero-order valence-corrected chi connectivity index (χ0v) is 10.4. The van der Waals surface area contributed by atoms with Crippen LogP contribution in [-0.2, 0) is 0 Å². The lowest BCUT2D eigenvalue weighted by molar-refractivity contribution is 0.217. The molecule has 1 aromatic heterocycles. The SMILES string of the molecule is Nc1ccccc1OCCOc1cncc(Cl)c1. The number of ether oxygens (including phenoxy) is 2. The van der Waals surface area contributed by atoms with Crippen LogP contribution in [0.25, 0.3) is 0 Å². The van der Waals surface area contributed by atoms with Gasteiger partial charge in [-0.05, 0) is 12.1 Å². The van der Waals surface area contributed by atoms with Crippen molar-refractivity contribution in [3.05, 3.63) is 47.7 Å². The van der Waals surface area contributed by atoms with Crippen molar-refractivity contribution in [1.82, 2.24) is 4.98 Å². The molecule has 2 N–H and O–H groups in total. The molecule has 0 saturated carbocycles. The summed E-state index contributed by atoms with van der Waals surface area (Å²) in [6.45, 7) is 0.803. The maximum absolute atomic E-state index is 5.78. The Morgan fingerprint density at radius 2 is 1.89 bits per heavy atom. The Balaban J connectivity index is 1.78. The van der Waals surface area contributed by atoms with Crippen molar-refractivity contribution >= 4 is 17.3 Å². The zero-order valence-electron chi connectivity index (χ0n) is 9.67. The number of benzene rings is 1. The minimum atomic E-state index is 0.399. The Bertz CT molecular complexity index is 520. The second-order valence-electron chi connectivity index (χ2n) is 3.57. The minimum absolute atomic E-state index is 0.399. The molecule has 0 fully saturated rings. The standard InChI is InChI=1S/C13H13ClN2O2/c14-10-7-11(9-16-8-10)17-5-6-18-13-4-2-1-3-12(13)15/h1-4,7-9H,5-6,15H2. The fraction of sp³-hybridized carbons (Fsp3) is 0.154. The average molecular weight is 265 g/mol. The number of anilines is 1. The summed E-state index contributed by atoms with van der Waals surface area (Å²) in [7, 11) is 0. The topological polar surface area (TPSA) is 57.4 Å². The summed E-state index contributed by atoms with van der Waals surface area (Å²) < 4.78 is 10.9. The van der Waals surface area contributed by atoms with E-state index in [0.29, 0.717) is 35.4 Å². The lowest BCUT2D eigenvalue weighted by Crippen LogP contribution is -2.09. The summed E-state index contributed by atoms with van der Waals surface area (Å²) in [6, 6.07) is 9.03. The molecule has 0 amide bonds. The molecule has 4 nitrogen and oxygen atoms in total. The molecule has 1 heterocycles. The molecule has 0 aliphatic heterocycles. The normalized spacial score (nSPS) is 10.1. The number of nitrogens with two attached hydrogens (primary N) is 1. The van der Waals surface area contributed by atoms with Gasteiger partial charge in [-0.3, -0.25) is 4.98 Å². The van der Waals surface area contributed by atoms with Gasteiger partial charge in [-0.25, -0.2) is 0 Å². The number of pyridine rings is 1. The van der Waals surface area contributed by atoms with Crippen LogP contribution in [-0.4, -0.2) is 18.2 Å². The molecular formula is C13H13ClN2O2. The monoisotopic (exact) mass is 264 g/mol. The van der Waals surface area contributed by atoms with Crippen molar-refractivity contribution in [3.8, 4) is 11.5 Å². The highest BCUT2D eigenvalue weighted by molar-refractivity contribution is 6.30. The van der Waals surface area contributed by atoms with Crippen LogP contribution in [0.1, 0.15) is 0 Å². The predicted molar refractivity (Wildman–Crippen MR) is 71.1 cm³/mol. The molecule has 1 aromatic carbocycles. The van der Waals surface area contributed by atoms with Gasteiger partial charge in [0.1, 0.15) is 24.7 Å². The van der Waals surface area contributed by atoms with E-state index in [2.05, 4.69) is 4.98 Å². The van der Waals surface area contributed by atoms with Gasteiger partial charge in [-0.2, -0.15) is 0 Å². The van der Waals surface area contributed by atoms with Gasteiger partial charge in [-0.15, -0.1) is 0 Å². The third kappa shape index (κ3) is 3.53. The van der Waals surface area contributed by atoms with Gasteiger partial charge in [0.25, 0.3) is 0 Å². The summed E-state index contributed by atoms with van der Waals surface area (Å²) in [5, 5.41) is 0.542. The Labute approximate surface area is 110 Å². The van der Waals surface area contributed by atoms with E-state index in [1.807, 2.05) is 18.2 Å². The number of hydrogen-bond donors (Lipinski definition) is 1. The molecule has 2 rings (SSSR count). The molecule has 0 spiro atoms. The summed E-state index contributed by atoms with van der Waals surface area (Å²) in [5.74, 6) is 1.28. The van der Waals surface area contributed by atoms with Crippen LogP contribution in [0.4, 0.5) is 5.69 Å². The van der Waals surface area contributed by atoms with Crippen LogP contribution < -0.4 is 15.2 Å². The van der Waals surface area contributed by atoms with Crippen LogP contribution >= 0.6 is 11.6 Å². The maximum Gasteiger partial charge on any atom is 0.142 e. The molecule has 18 heavy (non-hydrogen) atoms. The zero-order chi connectivity index (χ0) is 12.8. The quantitative estimate of drug-likeness (QED) is 0.666. The first-order chi connectivity index (χ1) is 8.75. The molecule has 2 aromatic rings. The van der Waals surface area contributed by atoms with Crippen molar-refractivity contribution in [3.63, 3.8) is 0 Å². The largest absolute Gasteiger partial charge is 0.488 e. The van der Waals surface area contributed by atoms with Gasteiger partial charge in [0, 0.05) is 12.3 Å². The lowest BCUT2D eigenvalue weighted by atomic mass is 10.3. The van der Waals surface area contributed by atoms with Gasteiger partial charge >= 0.3 is 0 Å². The van der Waals surface area contributed by atoms with E-state index in [1.165, 1.54) is 0 Å². The van der Waals surface area contributed by atoms with E-state index in [4.69, 9.17) is 26.8 Å². The molecule has 0 bridgehead atoms. The van der Waals surface area contributed by atoms with Crippen molar-refractivity contribution in [2.45, 2.75) is 0 Å². The molecule has 0 radical (unpaired) electrons. The van der Waals surface area contributed by atoms with Crippen LogP contribution in [0.15, 0.2) is 42.7 Å². The summed E-state index contributed by atoms with van der Waals surface area (Å²) >= 11 is 5.78. The molecule has 5 heteroatoms. The molecule has 0 saturated heterocycles. The molecule has 0 atom stereocenters. The Morgan fingerprint density at radius 1 is 1.11 bits per heavy atom. The van der Waals surface area contributed by atoms with Gasteiger partial charge in [0.2, 0.25) is 0 Å². The van der Waals surface area contributed by atoms with E-state index < -0.39 is 0 Å². The Hall–Kier alpha value is -1.94. The molecule has 0 unspecified atom stereocenters. The Kier molecular flexibility index (Phi) is 4.25. The first-order valence-electron chi connectivity index (χ1n) is 5.46. The van der Waals surface area contributed by atoms with Crippen molar-refractivity contribution in [2.24, 2.45) is 0 Å². The van der Waals surface area contributed by atoms with Crippen LogP contribution in [0.3, 0.4) is 0 Å². The number of halogens is 1. The third-order valence-corrected chi connectivity index (χ3v) is 2.42. The van der Waals surface area contributed by atoms with Gasteiger partial charge < -0.3 is 15.2 Å². The first kappa shape index (κ1) is 12.5. The smallest absolute Gasteiger partial charge is 0.142 e. The lowest BCUT2D eigenvalue weighted by Gasteiger charge is -2.09. The van der Waals surface area contributed by atoms with Gasteiger partial charge in [0.15, 0.2) is 0 Å². The van der Waals surface area contributed by atoms with Crippen molar-refractivity contribution in [1.29, 1.82) is 0 Å². The van der Waals surface area contributed by atoms with Gasteiger partial charge in [0.05, 0.1) is 16.9 Å². The first-order valence-corrected chi connectivity index (χ1v) is 5.84. The number of rotatable bonds is 5. The predicted octanol–water partition coefficient (Wildman–Crippen LogP) is 2.78. The highest BCUT2D eigenvalue weighted by Crippen LogP contribution is 2.19. The molecular weight excluding hydrogens is 252 g/mol. The van der Waals surface area contributed by atoms with E-state index in [-0.39, 0.29) is 0 Å². The molecule has 94 valence electrons. The summed E-state index contributed by atoms with van der Waals surface area (Å²) in [6.07, 6.45) is 3.15. The van der Waals surface area contributed by atoms with Crippen LogP contribution in [0.5, 0.6) is 11.5 Å². The van der Waals surface area contributed by atoms with Gasteiger partial charge in [-0.1, -0.05) is 23.7 Å². The van der Waals surface area contributed by atoms with E-state index in [0.717, 1.165) is 0 Å². The molecule has 0 aliphatic rings. The van der Waals surface area contributed by atoms with Crippen molar-refractivity contribution < 1.29 is 9.47 Å². The number of hydrogen-bond acceptors (Lipinski definition) is 4. The highest BCUT2D eigenvalue weighted by Gasteiger charge is 1.99. The fourth-order valence-electron chi connectivity index (χ4n) is 1.39. The van der Waals surface area contributed by atoms with Crippen LogP contribution in [0.2, 0.25) is 5.02 Å². The summed E-state index contributed by atoms with van der Waals surface area (Å²) in [4.78, 5) is 3.92. The van der Waals surface area contributed by atoms with E-state index >= 15 is 0 Å². The number of aromatic nitrogens is 1. The third-order valence-electron chi connectivity index (χ3n) is 2.21. The average Bonchev–Trinajstić information content (AvgIpc) is 2.37. The second-order valence-corrected chi connectivity index (χ2v) is 4.01. The highest BCUT2D eigenvalue weighted by atomic mass is 35.5. The van der Waals surface area contributed by atoms with E-state index in [1.54, 1.807) is 24.5 Å². The minimum Gasteiger partial charge on any atom is -0.488 e. The Morgan fingerprint density at radius 3 is 2.67 bits per heavy atom. The number of para-hydroxylation sites is 2. The fourth-order valence-corrected chi connectivity index (χ4v) is 1.56. The summed E-state index contributed by atoms with van der Waals surface area (Å²) in [5.41, 5.74) is 6.35. The molecule has 0 aliphatic carbocycles. The number of nitrogen functional groups attached to an aromatic ring is 1. The maximum atomic E-state index is 5.78. The second kappa shape index (κ2) is 6.12.